The monoisotopic (exact) mass is 290 g/mol. The maximum Gasteiger partial charge on any atom is 0.310 e. The summed E-state index contributed by atoms with van der Waals surface area (Å²) < 4.78 is 5.32. The molecule has 5 heteroatoms. The lowest BCUT2D eigenvalue weighted by Gasteiger charge is -2.32. The van der Waals surface area contributed by atoms with Gasteiger partial charge in [-0.05, 0) is 5.56 Å². The molecule has 2 rings (SSSR count). The van der Waals surface area contributed by atoms with Gasteiger partial charge in [0.1, 0.15) is 6.61 Å². The number of carbonyl (C=O) groups is 2. The van der Waals surface area contributed by atoms with Crippen molar-refractivity contribution in [2.75, 3.05) is 33.2 Å². The summed E-state index contributed by atoms with van der Waals surface area (Å²) in [4.78, 5) is 27.4. The van der Waals surface area contributed by atoms with Crippen LogP contribution in [0.1, 0.15) is 12.5 Å². The number of carbonyl (C=O) groups excluding carboxylic acids is 2. The average Bonchev–Trinajstić information content (AvgIpc) is 2.49. The number of amides is 1. The minimum atomic E-state index is -0.232. The van der Waals surface area contributed by atoms with Gasteiger partial charge in [0.05, 0.1) is 12.5 Å². The van der Waals surface area contributed by atoms with E-state index in [4.69, 9.17) is 4.74 Å². The van der Waals surface area contributed by atoms with Gasteiger partial charge in [-0.15, -0.1) is 0 Å². The molecule has 21 heavy (non-hydrogen) atoms. The summed E-state index contributed by atoms with van der Waals surface area (Å²) in [7, 11) is 1.80. The Morgan fingerprint density at radius 3 is 2.67 bits per heavy atom. The summed E-state index contributed by atoms with van der Waals surface area (Å²) in [6.07, 6.45) is 0. The Hall–Kier alpha value is -1.88. The molecule has 1 aromatic carbocycles. The minimum Gasteiger partial charge on any atom is -0.461 e. The summed E-state index contributed by atoms with van der Waals surface area (Å²) >= 11 is 0. The summed E-state index contributed by atoms with van der Waals surface area (Å²) in [6.45, 7) is 4.60. The third-order valence-corrected chi connectivity index (χ3v) is 3.69. The van der Waals surface area contributed by atoms with Gasteiger partial charge in [0.2, 0.25) is 5.91 Å². The molecule has 114 valence electrons. The molecule has 0 aliphatic carbocycles. The summed E-state index contributed by atoms with van der Waals surface area (Å²) in [6, 6.07) is 9.62. The highest BCUT2D eigenvalue weighted by atomic mass is 16.5. The zero-order valence-corrected chi connectivity index (χ0v) is 12.6. The Labute approximate surface area is 125 Å². The van der Waals surface area contributed by atoms with Crippen LogP contribution in [0.5, 0.6) is 0 Å². The maximum absolute atomic E-state index is 12.0. The smallest absolute Gasteiger partial charge is 0.310 e. The van der Waals surface area contributed by atoms with Gasteiger partial charge in [0.15, 0.2) is 0 Å². The second-order valence-corrected chi connectivity index (χ2v) is 5.54. The highest BCUT2D eigenvalue weighted by molar-refractivity contribution is 5.79. The molecule has 0 spiro atoms. The van der Waals surface area contributed by atoms with Crippen molar-refractivity contribution in [3.63, 3.8) is 0 Å². The molecule has 5 nitrogen and oxygen atoms in total. The Balaban J connectivity index is 1.76. The van der Waals surface area contributed by atoms with Crippen molar-refractivity contribution >= 4 is 11.9 Å². The van der Waals surface area contributed by atoms with E-state index in [2.05, 4.69) is 0 Å². The first-order valence-electron chi connectivity index (χ1n) is 7.23. The van der Waals surface area contributed by atoms with Crippen LogP contribution in [0.4, 0.5) is 0 Å². The second-order valence-electron chi connectivity index (χ2n) is 5.54. The molecule has 1 saturated heterocycles. The minimum absolute atomic E-state index is 0.103. The van der Waals surface area contributed by atoms with E-state index in [9.17, 15) is 9.59 Å². The average molecular weight is 290 g/mol. The van der Waals surface area contributed by atoms with E-state index < -0.39 is 0 Å². The second kappa shape index (κ2) is 7.22. The molecule has 1 atom stereocenters. The topological polar surface area (TPSA) is 49.9 Å². The van der Waals surface area contributed by atoms with Crippen molar-refractivity contribution < 1.29 is 14.3 Å². The summed E-state index contributed by atoms with van der Waals surface area (Å²) in [5.74, 6) is -0.346. The number of benzene rings is 1. The van der Waals surface area contributed by atoms with Crippen molar-refractivity contribution in [3.05, 3.63) is 35.9 Å². The molecular formula is C16H22N2O3. The molecule has 1 fully saturated rings. The summed E-state index contributed by atoms with van der Waals surface area (Å²) in [5.41, 5.74) is 0.979. The van der Waals surface area contributed by atoms with Crippen molar-refractivity contribution in [2.24, 2.45) is 5.92 Å². The fourth-order valence-electron chi connectivity index (χ4n) is 2.30. The molecule has 0 bridgehead atoms. The van der Waals surface area contributed by atoms with Gasteiger partial charge >= 0.3 is 5.97 Å². The van der Waals surface area contributed by atoms with Gasteiger partial charge in [-0.2, -0.15) is 0 Å². The maximum atomic E-state index is 12.0. The van der Waals surface area contributed by atoms with Crippen molar-refractivity contribution in [1.82, 2.24) is 9.80 Å². The normalized spacial score (nSPS) is 17.6. The predicted molar refractivity (Wildman–Crippen MR) is 79.5 cm³/mol. The van der Waals surface area contributed by atoms with Crippen LogP contribution in [0.3, 0.4) is 0 Å². The SMILES string of the molecule is CC(CN1CCN(C)C(=O)C1)C(=O)OCc1ccccc1. The fourth-order valence-corrected chi connectivity index (χ4v) is 2.30. The Bertz CT molecular complexity index is 490. The van der Waals surface area contributed by atoms with Crippen LogP contribution in [0.15, 0.2) is 30.3 Å². The van der Waals surface area contributed by atoms with E-state index in [1.54, 1.807) is 11.9 Å². The van der Waals surface area contributed by atoms with Gasteiger partial charge in [-0.25, -0.2) is 0 Å². The molecule has 0 radical (unpaired) electrons. The largest absolute Gasteiger partial charge is 0.461 e. The number of likely N-dealkylation sites (N-methyl/N-ethyl adjacent to an activating group) is 1. The Kier molecular flexibility index (Phi) is 5.33. The zero-order valence-electron chi connectivity index (χ0n) is 12.6. The standard InChI is InChI=1S/C16H22N2O3/c1-13(10-18-9-8-17(2)15(19)11-18)16(20)21-12-14-6-4-3-5-7-14/h3-7,13H,8-12H2,1-2H3. The first kappa shape index (κ1) is 15.5. The quantitative estimate of drug-likeness (QED) is 0.763. The van der Waals surface area contributed by atoms with Crippen molar-refractivity contribution in [3.8, 4) is 0 Å². The Morgan fingerprint density at radius 2 is 2.00 bits per heavy atom. The number of ether oxygens (including phenoxy) is 1. The number of piperazine rings is 1. The lowest BCUT2D eigenvalue weighted by Crippen LogP contribution is -2.50. The van der Waals surface area contributed by atoms with Crippen LogP contribution < -0.4 is 0 Å². The molecule has 0 saturated carbocycles. The lowest BCUT2D eigenvalue weighted by molar-refractivity contribution is -0.151. The first-order valence-corrected chi connectivity index (χ1v) is 7.23. The number of nitrogens with zero attached hydrogens (tertiary/aromatic N) is 2. The third kappa shape index (κ3) is 4.56. The number of hydrogen-bond donors (Lipinski definition) is 0. The third-order valence-electron chi connectivity index (χ3n) is 3.69. The highest BCUT2D eigenvalue weighted by Crippen LogP contribution is 2.09. The van der Waals surface area contributed by atoms with Crippen LogP contribution in [0, 0.1) is 5.92 Å². The van der Waals surface area contributed by atoms with Crippen LogP contribution >= 0.6 is 0 Å². The molecule has 1 heterocycles. The number of rotatable bonds is 5. The van der Waals surface area contributed by atoms with E-state index in [0.717, 1.165) is 12.1 Å². The molecule has 1 aromatic rings. The van der Waals surface area contributed by atoms with Crippen molar-refractivity contribution in [1.29, 1.82) is 0 Å². The lowest BCUT2D eigenvalue weighted by atomic mass is 10.1. The molecule has 1 amide bonds. The number of hydrogen-bond acceptors (Lipinski definition) is 4. The van der Waals surface area contributed by atoms with Crippen molar-refractivity contribution in [2.45, 2.75) is 13.5 Å². The van der Waals surface area contributed by atoms with Gasteiger partial charge in [-0.1, -0.05) is 37.3 Å². The van der Waals surface area contributed by atoms with E-state index in [1.165, 1.54) is 0 Å². The van der Waals surface area contributed by atoms with E-state index in [-0.39, 0.29) is 17.8 Å². The fraction of sp³-hybridized carbons (Fsp3) is 0.500. The highest BCUT2D eigenvalue weighted by Gasteiger charge is 2.25. The molecule has 0 N–H and O–H groups in total. The van der Waals surface area contributed by atoms with Gasteiger partial charge in [0.25, 0.3) is 0 Å². The van der Waals surface area contributed by atoms with Crippen LogP contribution in [0.2, 0.25) is 0 Å². The van der Waals surface area contributed by atoms with Gasteiger partial charge < -0.3 is 9.64 Å². The van der Waals surface area contributed by atoms with E-state index in [0.29, 0.717) is 26.2 Å². The Morgan fingerprint density at radius 1 is 1.29 bits per heavy atom. The first-order chi connectivity index (χ1) is 10.1. The van der Waals surface area contributed by atoms with Crippen LogP contribution in [0.25, 0.3) is 0 Å². The molecule has 1 unspecified atom stereocenters. The van der Waals surface area contributed by atoms with Crippen LogP contribution in [-0.2, 0) is 20.9 Å². The molecular weight excluding hydrogens is 268 g/mol. The number of esters is 1. The van der Waals surface area contributed by atoms with Gasteiger partial charge in [-0.3, -0.25) is 14.5 Å². The molecule has 1 aliphatic heterocycles. The van der Waals surface area contributed by atoms with E-state index >= 15 is 0 Å². The molecule has 0 aromatic heterocycles. The molecule has 1 aliphatic rings. The predicted octanol–water partition coefficient (Wildman–Crippen LogP) is 1.14. The zero-order chi connectivity index (χ0) is 15.2. The van der Waals surface area contributed by atoms with Crippen LogP contribution in [-0.4, -0.2) is 54.9 Å². The summed E-state index contributed by atoms with van der Waals surface area (Å²) in [5, 5.41) is 0. The van der Waals surface area contributed by atoms with Gasteiger partial charge in [0, 0.05) is 26.7 Å². The van der Waals surface area contributed by atoms with E-state index in [1.807, 2.05) is 42.2 Å².